The van der Waals surface area contributed by atoms with E-state index in [0.29, 0.717) is 5.56 Å². The van der Waals surface area contributed by atoms with Crippen LogP contribution >= 0.6 is 0 Å². The van der Waals surface area contributed by atoms with Gasteiger partial charge in [-0.25, -0.2) is 9.59 Å². The van der Waals surface area contributed by atoms with E-state index in [9.17, 15) is 9.59 Å². The van der Waals surface area contributed by atoms with Gasteiger partial charge in [0.05, 0.1) is 18.2 Å². The second-order valence-corrected chi connectivity index (χ2v) is 2.75. The maximum atomic E-state index is 11.1. The van der Waals surface area contributed by atoms with Crippen LogP contribution in [0.1, 0.15) is 12.5 Å². The van der Waals surface area contributed by atoms with Crippen molar-refractivity contribution in [3.05, 3.63) is 29.8 Å². The summed E-state index contributed by atoms with van der Waals surface area (Å²) in [5.74, 6) is -1.92. The third-order valence-corrected chi connectivity index (χ3v) is 1.64. The molecule has 0 radical (unpaired) electrons. The Balaban J connectivity index is 2.63. The van der Waals surface area contributed by atoms with E-state index in [1.807, 2.05) is 6.07 Å². The predicted octanol–water partition coefficient (Wildman–Crippen LogP) is 1.03. The van der Waals surface area contributed by atoms with Crippen LogP contribution in [0, 0.1) is 11.3 Å². The number of nitrogens with zero attached hydrogens (tertiary/aromatic N) is 1. The standard InChI is InChI=1S/C11H9NO4/c1-2-15-10(13)11(14)16-9-5-3-8(7-12)4-6-9/h3-6H,2H2,1H3. The normalized spacial score (nSPS) is 9.00. The molecule has 0 amide bonds. The molecule has 1 aromatic carbocycles. The van der Waals surface area contributed by atoms with Crippen molar-refractivity contribution in [2.75, 3.05) is 6.61 Å². The number of carbonyl (C=O) groups excluding carboxylic acids is 2. The van der Waals surface area contributed by atoms with Crippen LogP contribution in [0.3, 0.4) is 0 Å². The highest BCUT2D eigenvalue weighted by Crippen LogP contribution is 2.11. The molecule has 0 aliphatic rings. The molecule has 1 rings (SSSR count). The van der Waals surface area contributed by atoms with Crippen molar-refractivity contribution >= 4 is 11.9 Å². The van der Waals surface area contributed by atoms with Gasteiger partial charge in [-0.15, -0.1) is 0 Å². The zero-order chi connectivity index (χ0) is 12.0. The molecule has 0 spiro atoms. The number of ether oxygens (including phenoxy) is 2. The minimum absolute atomic E-state index is 0.112. The molecule has 16 heavy (non-hydrogen) atoms. The number of carbonyl (C=O) groups is 2. The largest absolute Gasteiger partial charge is 0.458 e. The molecule has 1 aromatic rings. The van der Waals surface area contributed by atoms with Gasteiger partial charge in [0.2, 0.25) is 0 Å². The van der Waals surface area contributed by atoms with Crippen LogP contribution in [-0.4, -0.2) is 18.5 Å². The summed E-state index contributed by atoms with van der Waals surface area (Å²) in [7, 11) is 0. The molecule has 0 aliphatic heterocycles. The number of esters is 2. The first kappa shape index (κ1) is 11.7. The summed E-state index contributed by atoms with van der Waals surface area (Å²) in [5.41, 5.74) is 0.441. The Morgan fingerprint density at radius 1 is 1.25 bits per heavy atom. The van der Waals surface area contributed by atoms with Crippen molar-refractivity contribution in [3.63, 3.8) is 0 Å². The van der Waals surface area contributed by atoms with Crippen LogP contribution in [-0.2, 0) is 14.3 Å². The molecule has 0 fully saturated rings. The summed E-state index contributed by atoms with van der Waals surface area (Å²) in [6.45, 7) is 1.70. The third kappa shape index (κ3) is 3.10. The molecule has 0 saturated carbocycles. The highest BCUT2D eigenvalue weighted by Gasteiger charge is 2.17. The summed E-state index contributed by atoms with van der Waals surface area (Å²) in [6, 6.07) is 7.73. The molecular formula is C11H9NO4. The van der Waals surface area contributed by atoms with Gasteiger partial charge in [0.1, 0.15) is 5.75 Å². The van der Waals surface area contributed by atoms with Gasteiger partial charge in [-0.2, -0.15) is 5.26 Å². The van der Waals surface area contributed by atoms with Crippen LogP contribution in [0.25, 0.3) is 0 Å². The van der Waals surface area contributed by atoms with Crippen LogP contribution in [0.4, 0.5) is 0 Å². The fraction of sp³-hybridized carbons (Fsp3) is 0.182. The average Bonchev–Trinajstić information content (AvgIpc) is 2.30. The highest BCUT2D eigenvalue weighted by molar-refractivity contribution is 6.30. The Kier molecular flexibility index (Phi) is 4.04. The lowest BCUT2D eigenvalue weighted by atomic mass is 10.2. The summed E-state index contributed by atoms with van der Waals surface area (Å²) in [4.78, 5) is 22.0. The second-order valence-electron chi connectivity index (χ2n) is 2.75. The van der Waals surface area contributed by atoms with Gasteiger partial charge in [-0.1, -0.05) is 0 Å². The molecule has 0 aliphatic carbocycles. The molecule has 0 heterocycles. The van der Waals surface area contributed by atoms with Crippen molar-refractivity contribution in [2.24, 2.45) is 0 Å². The monoisotopic (exact) mass is 219 g/mol. The molecule has 5 nitrogen and oxygen atoms in total. The number of hydrogen-bond donors (Lipinski definition) is 0. The van der Waals surface area contributed by atoms with Gasteiger partial charge in [0, 0.05) is 0 Å². The number of nitriles is 1. The summed E-state index contributed by atoms with van der Waals surface area (Å²) < 4.78 is 9.16. The molecule has 0 bridgehead atoms. The Labute approximate surface area is 92.2 Å². The fourth-order valence-corrected chi connectivity index (χ4v) is 0.936. The predicted molar refractivity (Wildman–Crippen MR) is 53.4 cm³/mol. The maximum absolute atomic E-state index is 11.1. The van der Waals surface area contributed by atoms with Gasteiger partial charge >= 0.3 is 11.9 Å². The number of benzene rings is 1. The van der Waals surface area contributed by atoms with E-state index in [4.69, 9.17) is 10.00 Å². The van der Waals surface area contributed by atoms with Crippen molar-refractivity contribution < 1.29 is 19.1 Å². The van der Waals surface area contributed by atoms with E-state index in [-0.39, 0.29) is 12.4 Å². The topological polar surface area (TPSA) is 76.4 Å². The van der Waals surface area contributed by atoms with E-state index >= 15 is 0 Å². The fourth-order valence-electron chi connectivity index (χ4n) is 0.936. The van der Waals surface area contributed by atoms with Crippen molar-refractivity contribution in [1.82, 2.24) is 0 Å². The lowest BCUT2D eigenvalue weighted by molar-refractivity contribution is -0.161. The van der Waals surface area contributed by atoms with Gasteiger partial charge in [0.25, 0.3) is 0 Å². The van der Waals surface area contributed by atoms with Gasteiger partial charge in [-0.05, 0) is 31.2 Å². The lowest BCUT2D eigenvalue weighted by Crippen LogP contribution is -2.22. The lowest BCUT2D eigenvalue weighted by Gasteiger charge is -2.03. The van der Waals surface area contributed by atoms with E-state index in [1.165, 1.54) is 24.3 Å². The van der Waals surface area contributed by atoms with E-state index in [1.54, 1.807) is 6.92 Å². The summed E-state index contributed by atoms with van der Waals surface area (Å²) >= 11 is 0. The molecular weight excluding hydrogens is 210 g/mol. The Morgan fingerprint density at radius 3 is 2.38 bits per heavy atom. The minimum Gasteiger partial charge on any atom is -0.458 e. The van der Waals surface area contributed by atoms with Gasteiger partial charge in [0.15, 0.2) is 0 Å². The molecule has 82 valence electrons. The van der Waals surface area contributed by atoms with Gasteiger partial charge in [-0.3, -0.25) is 0 Å². The van der Waals surface area contributed by atoms with Crippen LogP contribution in [0.15, 0.2) is 24.3 Å². The van der Waals surface area contributed by atoms with Crippen molar-refractivity contribution in [3.8, 4) is 11.8 Å². The Hall–Kier alpha value is -2.35. The van der Waals surface area contributed by atoms with Crippen LogP contribution < -0.4 is 4.74 Å². The first-order chi connectivity index (χ1) is 7.67. The molecule has 0 atom stereocenters. The molecule has 0 aromatic heterocycles. The molecule has 0 N–H and O–H groups in total. The van der Waals surface area contributed by atoms with E-state index < -0.39 is 11.9 Å². The number of rotatable bonds is 2. The van der Waals surface area contributed by atoms with Crippen molar-refractivity contribution in [2.45, 2.75) is 6.92 Å². The summed E-state index contributed by atoms with van der Waals surface area (Å²) in [5, 5.41) is 8.54. The molecule has 5 heteroatoms. The SMILES string of the molecule is CCOC(=O)C(=O)Oc1ccc(C#N)cc1. The molecule has 0 saturated heterocycles. The first-order valence-electron chi connectivity index (χ1n) is 4.56. The van der Waals surface area contributed by atoms with Crippen LogP contribution in [0.2, 0.25) is 0 Å². The van der Waals surface area contributed by atoms with E-state index in [0.717, 1.165) is 0 Å². The first-order valence-corrected chi connectivity index (χ1v) is 4.56. The Morgan fingerprint density at radius 2 is 1.88 bits per heavy atom. The number of hydrogen-bond acceptors (Lipinski definition) is 5. The zero-order valence-electron chi connectivity index (χ0n) is 8.60. The van der Waals surface area contributed by atoms with Crippen LogP contribution in [0.5, 0.6) is 5.75 Å². The Bertz CT molecular complexity index is 430. The second kappa shape index (κ2) is 5.51. The zero-order valence-corrected chi connectivity index (χ0v) is 8.60. The molecule has 0 unspecified atom stereocenters. The third-order valence-electron chi connectivity index (χ3n) is 1.64. The maximum Gasteiger partial charge on any atom is 0.422 e. The average molecular weight is 219 g/mol. The van der Waals surface area contributed by atoms with E-state index in [2.05, 4.69) is 4.74 Å². The summed E-state index contributed by atoms with van der Waals surface area (Å²) in [6.07, 6.45) is 0. The minimum atomic E-state index is -1.08. The smallest absolute Gasteiger partial charge is 0.422 e. The highest BCUT2D eigenvalue weighted by atomic mass is 16.6. The van der Waals surface area contributed by atoms with Crippen molar-refractivity contribution in [1.29, 1.82) is 5.26 Å². The quantitative estimate of drug-likeness (QED) is 0.421. The van der Waals surface area contributed by atoms with Gasteiger partial charge < -0.3 is 9.47 Å².